The topological polar surface area (TPSA) is 58.4 Å². The van der Waals surface area contributed by atoms with Crippen molar-refractivity contribution in [2.24, 2.45) is 5.92 Å². The van der Waals surface area contributed by atoms with Gasteiger partial charge < -0.3 is 14.4 Å². The fourth-order valence-electron chi connectivity index (χ4n) is 4.61. The van der Waals surface area contributed by atoms with Crippen LogP contribution >= 0.6 is 0 Å². The molecule has 4 rings (SSSR count). The van der Waals surface area contributed by atoms with Crippen molar-refractivity contribution in [1.82, 2.24) is 19.4 Å². The van der Waals surface area contributed by atoms with Crippen molar-refractivity contribution < 1.29 is 9.59 Å². The third-order valence-electron chi connectivity index (χ3n) is 5.93. The van der Waals surface area contributed by atoms with Gasteiger partial charge in [-0.15, -0.1) is 0 Å². The number of piperidine rings is 1. The van der Waals surface area contributed by atoms with Crippen LogP contribution in [0.15, 0.2) is 18.7 Å². The monoisotopic (exact) mass is 330 g/mol. The second kappa shape index (κ2) is 6.57. The molecule has 3 heterocycles. The molecule has 0 spiro atoms. The minimum Gasteiger partial charge on any atom is -0.340 e. The first-order valence-electron chi connectivity index (χ1n) is 9.28. The lowest BCUT2D eigenvalue weighted by molar-refractivity contribution is -0.137. The summed E-state index contributed by atoms with van der Waals surface area (Å²) in [6.07, 6.45) is 12.7. The highest BCUT2D eigenvalue weighted by Crippen LogP contribution is 2.31. The summed E-state index contributed by atoms with van der Waals surface area (Å²) in [5.74, 6) is 0.219. The van der Waals surface area contributed by atoms with Gasteiger partial charge in [-0.05, 0) is 25.7 Å². The van der Waals surface area contributed by atoms with E-state index in [1.807, 2.05) is 22.3 Å². The van der Waals surface area contributed by atoms with Crippen molar-refractivity contribution in [2.75, 3.05) is 19.6 Å². The average Bonchev–Trinajstić information content (AvgIpc) is 3.35. The Morgan fingerprint density at radius 3 is 2.62 bits per heavy atom. The maximum absolute atomic E-state index is 12.9. The molecule has 6 nitrogen and oxygen atoms in total. The molecule has 2 atom stereocenters. The van der Waals surface area contributed by atoms with E-state index in [2.05, 4.69) is 9.55 Å². The van der Waals surface area contributed by atoms with E-state index in [-0.39, 0.29) is 17.7 Å². The van der Waals surface area contributed by atoms with E-state index in [4.69, 9.17) is 0 Å². The van der Waals surface area contributed by atoms with Crippen molar-refractivity contribution >= 4 is 11.8 Å². The van der Waals surface area contributed by atoms with Gasteiger partial charge in [0.05, 0.1) is 18.3 Å². The van der Waals surface area contributed by atoms with Gasteiger partial charge in [-0.25, -0.2) is 4.98 Å². The molecule has 0 bridgehead atoms. The summed E-state index contributed by atoms with van der Waals surface area (Å²) in [6.45, 7) is 2.19. The zero-order valence-electron chi connectivity index (χ0n) is 14.1. The Bertz CT molecular complexity index is 594. The third-order valence-corrected chi connectivity index (χ3v) is 5.93. The fourth-order valence-corrected chi connectivity index (χ4v) is 4.61. The van der Waals surface area contributed by atoms with E-state index < -0.39 is 0 Å². The predicted octanol–water partition coefficient (Wildman–Crippen LogP) is 1.84. The molecule has 1 aliphatic carbocycles. The summed E-state index contributed by atoms with van der Waals surface area (Å²) in [5, 5.41) is 0. The van der Waals surface area contributed by atoms with E-state index in [0.717, 1.165) is 38.8 Å². The molecule has 2 saturated heterocycles. The first kappa shape index (κ1) is 15.7. The number of rotatable bonds is 3. The summed E-state index contributed by atoms with van der Waals surface area (Å²) in [5.41, 5.74) is 0. The molecular formula is C18H26N4O2. The van der Waals surface area contributed by atoms with Gasteiger partial charge in [0.2, 0.25) is 11.8 Å². The van der Waals surface area contributed by atoms with Crippen LogP contribution in [-0.2, 0) is 9.59 Å². The Kier molecular flexibility index (Phi) is 4.29. The van der Waals surface area contributed by atoms with Gasteiger partial charge in [-0.2, -0.15) is 0 Å². The van der Waals surface area contributed by atoms with E-state index in [0.29, 0.717) is 25.0 Å². The second-order valence-electron chi connectivity index (χ2n) is 7.48. The van der Waals surface area contributed by atoms with E-state index in [1.54, 1.807) is 6.20 Å². The lowest BCUT2D eigenvalue weighted by Gasteiger charge is -2.35. The van der Waals surface area contributed by atoms with E-state index in [9.17, 15) is 9.59 Å². The average molecular weight is 330 g/mol. The Labute approximate surface area is 142 Å². The van der Waals surface area contributed by atoms with Crippen molar-refractivity contribution in [2.45, 2.75) is 57.0 Å². The van der Waals surface area contributed by atoms with Crippen molar-refractivity contribution in [1.29, 1.82) is 0 Å². The van der Waals surface area contributed by atoms with Crippen LogP contribution in [0.4, 0.5) is 0 Å². The highest BCUT2D eigenvalue weighted by atomic mass is 16.2. The number of likely N-dealkylation sites (tertiary alicyclic amines) is 2. The van der Waals surface area contributed by atoms with Gasteiger partial charge >= 0.3 is 0 Å². The molecule has 0 aromatic carbocycles. The molecule has 3 aliphatic rings. The van der Waals surface area contributed by atoms with Crippen LogP contribution in [-0.4, -0.2) is 56.8 Å². The number of aromatic nitrogens is 2. The summed E-state index contributed by atoms with van der Waals surface area (Å²) in [4.78, 5) is 33.4. The Morgan fingerprint density at radius 1 is 1.08 bits per heavy atom. The molecule has 1 aromatic rings. The number of amides is 2. The minimum atomic E-state index is -0.139. The molecule has 1 saturated carbocycles. The second-order valence-corrected chi connectivity index (χ2v) is 7.48. The summed E-state index contributed by atoms with van der Waals surface area (Å²) < 4.78 is 2.10. The van der Waals surface area contributed by atoms with Crippen LogP contribution in [0.25, 0.3) is 0 Å². The molecule has 0 N–H and O–H groups in total. The number of carbonyl (C=O) groups excluding carboxylic acids is 2. The highest BCUT2D eigenvalue weighted by molar-refractivity contribution is 5.89. The summed E-state index contributed by atoms with van der Waals surface area (Å²) in [6, 6.07) is 0.698. The largest absolute Gasteiger partial charge is 0.340 e. The number of nitrogens with zero attached hydrogens (tertiary/aromatic N) is 4. The van der Waals surface area contributed by atoms with Crippen LogP contribution < -0.4 is 0 Å². The number of imidazole rings is 1. The summed E-state index contributed by atoms with van der Waals surface area (Å²) >= 11 is 0. The molecule has 0 radical (unpaired) electrons. The standard InChI is InChI=1S/C18H26N4O2/c23-17-10-14(11-22(17)15-4-1-2-5-15)18(24)20-8-3-6-16(12-20)21-9-7-19-13-21/h7,9,13-16H,1-6,8,10-12H2. The number of hydrogen-bond acceptors (Lipinski definition) is 3. The molecule has 2 unspecified atom stereocenters. The summed E-state index contributed by atoms with van der Waals surface area (Å²) in [7, 11) is 0. The van der Waals surface area contributed by atoms with Gasteiger partial charge in [0.25, 0.3) is 0 Å². The zero-order valence-corrected chi connectivity index (χ0v) is 14.1. The van der Waals surface area contributed by atoms with Gasteiger partial charge in [0.1, 0.15) is 0 Å². The third kappa shape index (κ3) is 2.94. The molecule has 130 valence electrons. The van der Waals surface area contributed by atoms with Crippen molar-refractivity contribution in [3.63, 3.8) is 0 Å². The minimum absolute atomic E-state index is 0.139. The molecule has 3 fully saturated rings. The predicted molar refractivity (Wildman–Crippen MR) is 89.2 cm³/mol. The zero-order chi connectivity index (χ0) is 16.5. The normalized spacial score (nSPS) is 28.8. The molecule has 24 heavy (non-hydrogen) atoms. The number of carbonyl (C=O) groups is 2. The van der Waals surface area contributed by atoms with Crippen molar-refractivity contribution in [3.05, 3.63) is 18.7 Å². The first-order valence-corrected chi connectivity index (χ1v) is 9.28. The molecule has 2 aliphatic heterocycles. The van der Waals surface area contributed by atoms with Crippen LogP contribution in [0, 0.1) is 5.92 Å². The van der Waals surface area contributed by atoms with Crippen molar-refractivity contribution in [3.8, 4) is 0 Å². The molecule has 2 amide bonds. The van der Waals surface area contributed by atoms with E-state index in [1.165, 1.54) is 12.8 Å². The van der Waals surface area contributed by atoms with Gasteiger partial charge in [-0.1, -0.05) is 12.8 Å². The lowest BCUT2D eigenvalue weighted by Crippen LogP contribution is -2.44. The Morgan fingerprint density at radius 2 is 1.88 bits per heavy atom. The number of hydrogen-bond donors (Lipinski definition) is 0. The van der Waals surface area contributed by atoms with Crippen LogP contribution in [0.5, 0.6) is 0 Å². The fraction of sp³-hybridized carbons (Fsp3) is 0.722. The van der Waals surface area contributed by atoms with Crippen LogP contribution in [0.3, 0.4) is 0 Å². The molecule has 1 aromatic heterocycles. The highest BCUT2D eigenvalue weighted by Gasteiger charge is 2.40. The maximum atomic E-state index is 12.9. The van der Waals surface area contributed by atoms with E-state index >= 15 is 0 Å². The SMILES string of the molecule is O=C(C1CC(=O)N(C2CCCC2)C1)N1CCCC(n2ccnc2)C1. The van der Waals surface area contributed by atoms with Gasteiger partial charge in [-0.3, -0.25) is 9.59 Å². The quantitative estimate of drug-likeness (QED) is 0.850. The first-order chi connectivity index (χ1) is 11.7. The Balaban J connectivity index is 1.39. The molecular weight excluding hydrogens is 304 g/mol. The van der Waals surface area contributed by atoms with Crippen LogP contribution in [0.2, 0.25) is 0 Å². The van der Waals surface area contributed by atoms with Gasteiger partial charge in [0.15, 0.2) is 0 Å². The van der Waals surface area contributed by atoms with Crippen LogP contribution in [0.1, 0.15) is 51.0 Å². The van der Waals surface area contributed by atoms with Gasteiger partial charge in [0, 0.05) is 44.5 Å². The Hall–Kier alpha value is -1.85. The lowest BCUT2D eigenvalue weighted by atomic mass is 10.0. The smallest absolute Gasteiger partial charge is 0.228 e. The maximum Gasteiger partial charge on any atom is 0.228 e. The molecule has 6 heteroatoms.